The van der Waals surface area contributed by atoms with Gasteiger partial charge in [-0.15, -0.1) is 0 Å². The molecule has 0 spiro atoms. The molecule has 154 valence electrons. The van der Waals surface area contributed by atoms with Crippen molar-refractivity contribution in [3.05, 3.63) is 29.3 Å². The topological polar surface area (TPSA) is 30.9 Å². The third-order valence-electron chi connectivity index (χ3n) is 5.57. The van der Waals surface area contributed by atoms with Gasteiger partial charge in [-0.05, 0) is 83.2 Å². The molecule has 2 rings (SSSR count). The zero-order chi connectivity index (χ0) is 19.7. The SMILES string of the molecule is CCCN(CCC)C1(C)CCCc2c(OCC(OCC)OCC)cccc21. The van der Waals surface area contributed by atoms with Crippen molar-refractivity contribution in [3.63, 3.8) is 0 Å². The third kappa shape index (κ3) is 5.46. The Labute approximate surface area is 166 Å². The number of hydrogen-bond acceptors (Lipinski definition) is 4. The van der Waals surface area contributed by atoms with Crippen molar-refractivity contribution in [2.75, 3.05) is 32.9 Å². The first-order valence-electron chi connectivity index (χ1n) is 10.8. The Morgan fingerprint density at radius 1 is 1.04 bits per heavy atom. The summed E-state index contributed by atoms with van der Waals surface area (Å²) in [7, 11) is 0. The largest absolute Gasteiger partial charge is 0.488 e. The maximum atomic E-state index is 6.20. The molecule has 1 atom stereocenters. The van der Waals surface area contributed by atoms with Crippen LogP contribution in [0.2, 0.25) is 0 Å². The van der Waals surface area contributed by atoms with Crippen LogP contribution in [0.5, 0.6) is 5.75 Å². The van der Waals surface area contributed by atoms with Crippen LogP contribution in [0.3, 0.4) is 0 Å². The Morgan fingerprint density at radius 2 is 1.70 bits per heavy atom. The van der Waals surface area contributed by atoms with E-state index in [1.807, 2.05) is 13.8 Å². The zero-order valence-corrected chi connectivity index (χ0v) is 18.1. The minimum atomic E-state index is -0.303. The molecular weight excluding hydrogens is 338 g/mol. The lowest BCUT2D eigenvalue weighted by Gasteiger charge is -2.45. The predicted molar refractivity (Wildman–Crippen MR) is 111 cm³/mol. The quantitative estimate of drug-likeness (QED) is 0.472. The molecule has 27 heavy (non-hydrogen) atoms. The maximum Gasteiger partial charge on any atom is 0.191 e. The van der Waals surface area contributed by atoms with E-state index >= 15 is 0 Å². The molecule has 0 radical (unpaired) electrons. The molecule has 1 aromatic carbocycles. The van der Waals surface area contributed by atoms with E-state index in [1.165, 1.54) is 36.8 Å². The Balaban J connectivity index is 2.24. The van der Waals surface area contributed by atoms with Crippen molar-refractivity contribution in [1.82, 2.24) is 4.90 Å². The molecule has 4 nitrogen and oxygen atoms in total. The second kappa shape index (κ2) is 11.0. The summed E-state index contributed by atoms with van der Waals surface area (Å²) in [5.74, 6) is 0.996. The van der Waals surface area contributed by atoms with E-state index in [-0.39, 0.29) is 11.8 Å². The fourth-order valence-electron chi connectivity index (χ4n) is 4.35. The van der Waals surface area contributed by atoms with E-state index in [4.69, 9.17) is 14.2 Å². The van der Waals surface area contributed by atoms with Crippen molar-refractivity contribution in [1.29, 1.82) is 0 Å². The summed E-state index contributed by atoms with van der Waals surface area (Å²) in [6.07, 6.45) is 5.57. The summed E-state index contributed by atoms with van der Waals surface area (Å²) in [4.78, 5) is 2.68. The number of rotatable bonds is 12. The average molecular weight is 378 g/mol. The lowest BCUT2D eigenvalue weighted by molar-refractivity contribution is -0.152. The average Bonchev–Trinajstić information content (AvgIpc) is 2.67. The molecule has 1 aromatic rings. The highest BCUT2D eigenvalue weighted by Crippen LogP contribution is 2.43. The first-order chi connectivity index (χ1) is 13.1. The van der Waals surface area contributed by atoms with Crippen LogP contribution in [0.15, 0.2) is 18.2 Å². The highest BCUT2D eigenvalue weighted by Gasteiger charge is 2.37. The van der Waals surface area contributed by atoms with Gasteiger partial charge in [0, 0.05) is 18.8 Å². The lowest BCUT2D eigenvalue weighted by Crippen LogP contribution is -2.47. The molecule has 0 aromatic heterocycles. The van der Waals surface area contributed by atoms with Crippen LogP contribution in [0.1, 0.15) is 71.4 Å². The monoisotopic (exact) mass is 377 g/mol. The molecule has 1 aliphatic rings. The Kier molecular flexibility index (Phi) is 9.07. The number of fused-ring (bicyclic) bond motifs is 1. The van der Waals surface area contributed by atoms with Crippen LogP contribution in [0.4, 0.5) is 0 Å². The van der Waals surface area contributed by atoms with Gasteiger partial charge < -0.3 is 14.2 Å². The molecule has 0 fully saturated rings. The molecule has 0 saturated carbocycles. The van der Waals surface area contributed by atoms with Gasteiger partial charge in [0.05, 0.1) is 0 Å². The summed E-state index contributed by atoms with van der Waals surface area (Å²) in [6.45, 7) is 14.9. The van der Waals surface area contributed by atoms with Gasteiger partial charge >= 0.3 is 0 Å². The standard InChI is InChI=1S/C23H39NO3/c1-6-16-24(17-7-2)23(5)15-11-12-19-20(23)13-10-14-21(19)27-18-22(25-8-3)26-9-4/h10,13-14,22H,6-9,11-12,15-18H2,1-5H3. The number of ether oxygens (including phenoxy) is 3. The highest BCUT2D eigenvalue weighted by atomic mass is 16.7. The molecule has 0 aliphatic heterocycles. The third-order valence-corrected chi connectivity index (χ3v) is 5.57. The maximum absolute atomic E-state index is 6.20. The smallest absolute Gasteiger partial charge is 0.191 e. The van der Waals surface area contributed by atoms with E-state index in [0.717, 1.165) is 25.3 Å². The summed E-state index contributed by atoms with van der Waals surface area (Å²) < 4.78 is 17.5. The molecule has 0 N–H and O–H groups in total. The van der Waals surface area contributed by atoms with Gasteiger partial charge in [-0.3, -0.25) is 4.90 Å². The van der Waals surface area contributed by atoms with Gasteiger partial charge in [0.25, 0.3) is 0 Å². The van der Waals surface area contributed by atoms with Gasteiger partial charge in [0.15, 0.2) is 6.29 Å². The van der Waals surface area contributed by atoms with Crippen LogP contribution in [0, 0.1) is 0 Å². The molecular formula is C23H39NO3. The van der Waals surface area contributed by atoms with Crippen molar-refractivity contribution in [2.45, 2.75) is 78.6 Å². The first-order valence-corrected chi connectivity index (χ1v) is 10.8. The minimum Gasteiger partial charge on any atom is -0.488 e. The molecule has 4 heteroatoms. The normalized spacial score (nSPS) is 19.5. The summed E-state index contributed by atoms with van der Waals surface area (Å²) >= 11 is 0. The van der Waals surface area contributed by atoms with E-state index in [1.54, 1.807) is 0 Å². The number of hydrogen-bond donors (Lipinski definition) is 0. The van der Waals surface area contributed by atoms with E-state index in [0.29, 0.717) is 19.8 Å². The second-order valence-electron chi connectivity index (χ2n) is 7.55. The van der Waals surface area contributed by atoms with E-state index < -0.39 is 0 Å². The molecule has 0 amide bonds. The van der Waals surface area contributed by atoms with Crippen LogP contribution in [-0.2, 0) is 21.4 Å². The van der Waals surface area contributed by atoms with Gasteiger partial charge in [-0.25, -0.2) is 0 Å². The number of nitrogens with zero attached hydrogens (tertiary/aromatic N) is 1. The molecule has 1 unspecified atom stereocenters. The Bertz CT molecular complexity index is 551. The van der Waals surface area contributed by atoms with Crippen LogP contribution < -0.4 is 4.74 Å². The van der Waals surface area contributed by atoms with Gasteiger partial charge in [0.2, 0.25) is 0 Å². The lowest BCUT2D eigenvalue weighted by atomic mass is 9.76. The minimum absolute atomic E-state index is 0.0954. The summed E-state index contributed by atoms with van der Waals surface area (Å²) in [5, 5.41) is 0. The van der Waals surface area contributed by atoms with E-state index in [2.05, 4.69) is 43.9 Å². The molecule has 0 saturated heterocycles. The van der Waals surface area contributed by atoms with Gasteiger partial charge in [0.1, 0.15) is 12.4 Å². The fraction of sp³-hybridized carbons (Fsp3) is 0.739. The number of benzene rings is 1. The van der Waals surface area contributed by atoms with Crippen LogP contribution >= 0.6 is 0 Å². The highest BCUT2D eigenvalue weighted by molar-refractivity contribution is 5.45. The van der Waals surface area contributed by atoms with Crippen molar-refractivity contribution in [2.24, 2.45) is 0 Å². The van der Waals surface area contributed by atoms with Gasteiger partial charge in [-0.1, -0.05) is 26.0 Å². The van der Waals surface area contributed by atoms with E-state index in [9.17, 15) is 0 Å². The zero-order valence-electron chi connectivity index (χ0n) is 18.1. The molecule has 0 bridgehead atoms. The predicted octanol–water partition coefficient (Wildman–Crippen LogP) is 5.14. The van der Waals surface area contributed by atoms with Gasteiger partial charge in [-0.2, -0.15) is 0 Å². The first kappa shape index (κ1) is 22.2. The Morgan fingerprint density at radius 3 is 2.30 bits per heavy atom. The van der Waals surface area contributed by atoms with Crippen LogP contribution in [-0.4, -0.2) is 44.1 Å². The summed E-state index contributed by atoms with van der Waals surface area (Å²) in [5.41, 5.74) is 2.91. The van der Waals surface area contributed by atoms with Crippen molar-refractivity contribution >= 4 is 0 Å². The summed E-state index contributed by atoms with van der Waals surface area (Å²) in [6, 6.07) is 6.55. The molecule has 1 aliphatic carbocycles. The Hall–Kier alpha value is -1.10. The van der Waals surface area contributed by atoms with Crippen LogP contribution in [0.25, 0.3) is 0 Å². The van der Waals surface area contributed by atoms with Crippen molar-refractivity contribution < 1.29 is 14.2 Å². The fourth-order valence-corrected chi connectivity index (χ4v) is 4.35. The van der Waals surface area contributed by atoms with Crippen molar-refractivity contribution in [3.8, 4) is 5.75 Å². The molecule has 0 heterocycles. The second-order valence-corrected chi connectivity index (χ2v) is 7.55.